The number of hydrogen-bond donors (Lipinski definition) is 3. The number of carbonyl (C=O) groups is 1. The molecule has 1 amide bonds. The first kappa shape index (κ1) is 16.9. The van der Waals surface area contributed by atoms with Crippen LogP contribution in [0.1, 0.15) is 23.8 Å². The average molecular weight is 341 g/mol. The van der Waals surface area contributed by atoms with Crippen LogP contribution in [0.2, 0.25) is 0 Å². The van der Waals surface area contributed by atoms with Crippen LogP contribution >= 0.6 is 0 Å². The number of para-hydroxylation sites is 1. The minimum atomic E-state index is -1.10. The number of amides is 1. The van der Waals surface area contributed by atoms with E-state index in [0.29, 0.717) is 17.7 Å². The topological polar surface area (TPSA) is 91.9 Å². The van der Waals surface area contributed by atoms with E-state index in [-0.39, 0.29) is 13.2 Å². The maximum Gasteiger partial charge on any atom is 0.404 e. The number of nitrogens with one attached hydrogen (secondary N) is 1. The zero-order chi connectivity index (χ0) is 17.6. The van der Waals surface area contributed by atoms with Crippen LogP contribution in [0.4, 0.5) is 4.79 Å². The lowest BCUT2D eigenvalue weighted by molar-refractivity contribution is 0.161. The van der Waals surface area contributed by atoms with Gasteiger partial charge >= 0.3 is 6.09 Å². The number of furan rings is 1. The molecule has 130 valence electrons. The Morgan fingerprint density at radius 1 is 1.16 bits per heavy atom. The Kier molecular flexibility index (Phi) is 5.20. The summed E-state index contributed by atoms with van der Waals surface area (Å²) in [5, 5.41) is 21.9. The summed E-state index contributed by atoms with van der Waals surface area (Å²) in [6, 6.07) is 16.8. The molecule has 1 atom stereocenters. The first-order chi connectivity index (χ1) is 12.1. The van der Waals surface area contributed by atoms with Gasteiger partial charge in [-0.25, -0.2) is 4.79 Å². The smallest absolute Gasteiger partial charge is 0.404 e. The number of aliphatic hydroxyl groups is 1. The van der Waals surface area contributed by atoms with Gasteiger partial charge in [0.15, 0.2) is 0 Å². The first-order valence-corrected chi connectivity index (χ1v) is 7.97. The molecule has 6 nitrogen and oxygen atoms in total. The lowest BCUT2D eigenvalue weighted by Crippen LogP contribution is -2.23. The molecule has 1 unspecified atom stereocenters. The van der Waals surface area contributed by atoms with Crippen molar-refractivity contribution in [3.8, 4) is 5.75 Å². The van der Waals surface area contributed by atoms with Gasteiger partial charge in [-0.05, 0) is 36.2 Å². The van der Waals surface area contributed by atoms with E-state index in [0.717, 1.165) is 16.7 Å². The molecule has 3 N–H and O–H groups in total. The molecular formula is C19H19NO5. The molecule has 0 aliphatic heterocycles. The summed E-state index contributed by atoms with van der Waals surface area (Å²) in [5.74, 6) is 1.33. The van der Waals surface area contributed by atoms with Crippen LogP contribution in [0.25, 0.3) is 11.0 Å². The van der Waals surface area contributed by atoms with E-state index < -0.39 is 12.2 Å². The van der Waals surface area contributed by atoms with Gasteiger partial charge in [0, 0.05) is 11.9 Å². The molecule has 3 aromatic rings. The third-order valence-corrected chi connectivity index (χ3v) is 3.79. The minimum absolute atomic E-state index is 0.181. The fraction of sp³-hybridized carbons (Fsp3) is 0.211. The van der Waals surface area contributed by atoms with Gasteiger partial charge in [-0.1, -0.05) is 30.3 Å². The highest BCUT2D eigenvalue weighted by molar-refractivity contribution is 5.77. The van der Waals surface area contributed by atoms with Crippen LogP contribution in [0, 0.1) is 0 Å². The molecule has 2 aromatic carbocycles. The van der Waals surface area contributed by atoms with E-state index in [2.05, 4.69) is 5.32 Å². The summed E-state index contributed by atoms with van der Waals surface area (Å²) in [6.45, 7) is 0.468. The minimum Gasteiger partial charge on any atom is -0.486 e. The van der Waals surface area contributed by atoms with Gasteiger partial charge in [-0.3, -0.25) is 0 Å². The van der Waals surface area contributed by atoms with Crippen molar-refractivity contribution >= 4 is 17.1 Å². The third kappa shape index (κ3) is 4.51. The van der Waals surface area contributed by atoms with Crippen LogP contribution in [-0.4, -0.2) is 22.9 Å². The molecule has 25 heavy (non-hydrogen) atoms. The molecule has 1 aromatic heterocycles. The van der Waals surface area contributed by atoms with Crippen molar-refractivity contribution in [1.82, 2.24) is 5.32 Å². The molecule has 0 radical (unpaired) electrons. The van der Waals surface area contributed by atoms with Crippen molar-refractivity contribution in [3.63, 3.8) is 0 Å². The fourth-order valence-corrected chi connectivity index (χ4v) is 2.56. The number of rotatable bonds is 7. The van der Waals surface area contributed by atoms with Crippen molar-refractivity contribution in [2.75, 3.05) is 6.54 Å². The van der Waals surface area contributed by atoms with Gasteiger partial charge < -0.3 is 24.7 Å². The van der Waals surface area contributed by atoms with Gasteiger partial charge in [0.1, 0.15) is 23.7 Å². The summed E-state index contributed by atoms with van der Waals surface area (Å²) >= 11 is 0. The lowest BCUT2D eigenvalue weighted by atomic mass is 10.1. The number of aliphatic hydroxyl groups excluding tert-OH is 1. The molecule has 3 rings (SSSR count). The van der Waals surface area contributed by atoms with Crippen LogP contribution in [0.3, 0.4) is 0 Å². The first-order valence-electron chi connectivity index (χ1n) is 7.97. The normalized spacial score (nSPS) is 12.0. The quantitative estimate of drug-likeness (QED) is 0.609. The summed E-state index contributed by atoms with van der Waals surface area (Å²) in [7, 11) is 0. The molecule has 0 fully saturated rings. The number of fused-ring (bicyclic) bond motifs is 1. The Labute approximate surface area is 144 Å². The van der Waals surface area contributed by atoms with Crippen molar-refractivity contribution in [3.05, 3.63) is 65.9 Å². The van der Waals surface area contributed by atoms with E-state index in [9.17, 15) is 9.90 Å². The summed E-state index contributed by atoms with van der Waals surface area (Å²) < 4.78 is 11.4. The number of ether oxygens (including phenoxy) is 1. The van der Waals surface area contributed by atoms with Gasteiger partial charge in [0.25, 0.3) is 0 Å². The van der Waals surface area contributed by atoms with Crippen molar-refractivity contribution in [2.24, 2.45) is 0 Å². The molecule has 0 aliphatic rings. The maximum absolute atomic E-state index is 10.4. The standard InChI is InChI=1S/C19H19NO5/c21-17(8-9-20-19(22)23)13-5-3-6-15(10-13)24-12-16-11-14-4-1-2-7-18(14)25-16/h1-7,10-11,17,20-21H,8-9,12H2,(H,22,23). The molecule has 0 aliphatic carbocycles. The Morgan fingerprint density at radius 2 is 2.00 bits per heavy atom. The average Bonchev–Trinajstić information content (AvgIpc) is 3.03. The van der Waals surface area contributed by atoms with Crippen molar-refractivity contribution in [2.45, 2.75) is 19.1 Å². The van der Waals surface area contributed by atoms with Gasteiger partial charge in [-0.2, -0.15) is 0 Å². The fourth-order valence-electron chi connectivity index (χ4n) is 2.56. The Bertz CT molecular complexity index is 825. The molecular weight excluding hydrogens is 322 g/mol. The molecule has 6 heteroatoms. The zero-order valence-electron chi connectivity index (χ0n) is 13.5. The Hall–Kier alpha value is -2.99. The molecule has 0 saturated heterocycles. The van der Waals surface area contributed by atoms with E-state index in [4.69, 9.17) is 14.3 Å². The number of carboxylic acid groups (broad SMARTS) is 1. The SMILES string of the molecule is O=C(O)NCCC(O)c1cccc(OCc2cc3ccccc3o2)c1. The monoisotopic (exact) mass is 341 g/mol. The highest BCUT2D eigenvalue weighted by atomic mass is 16.5. The molecule has 0 bridgehead atoms. The summed E-state index contributed by atoms with van der Waals surface area (Å²) in [5.41, 5.74) is 1.49. The third-order valence-electron chi connectivity index (χ3n) is 3.79. The number of hydrogen-bond acceptors (Lipinski definition) is 4. The van der Waals surface area contributed by atoms with E-state index in [1.165, 1.54) is 0 Å². The summed E-state index contributed by atoms with van der Waals surface area (Å²) in [4.78, 5) is 10.4. The Balaban J connectivity index is 1.60. The second-order valence-electron chi connectivity index (χ2n) is 5.65. The van der Waals surface area contributed by atoms with E-state index >= 15 is 0 Å². The second-order valence-corrected chi connectivity index (χ2v) is 5.65. The van der Waals surface area contributed by atoms with E-state index in [1.807, 2.05) is 30.3 Å². The summed E-state index contributed by atoms with van der Waals surface area (Å²) in [6.07, 6.45) is -1.57. The predicted octanol–water partition coefficient (Wildman–Crippen LogP) is 3.70. The van der Waals surface area contributed by atoms with Crippen LogP contribution in [0.5, 0.6) is 5.75 Å². The second kappa shape index (κ2) is 7.72. The highest BCUT2D eigenvalue weighted by Crippen LogP contribution is 2.24. The largest absolute Gasteiger partial charge is 0.486 e. The van der Waals surface area contributed by atoms with Gasteiger partial charge in [0.2, 0.25) is 0 Å². The zero-order valence-corrected chi connectivity index (χ0v) is 13.5. The molecule has 0 spiro atoms. The van der Waals surface area contributed by atoms with Crippen molar-refractivity contribution < 1.29 is 24.2 Å². The van der Waals surface area contributed by atoms with Crippen molar-refractivity contribution in [1.29, 1.82) is 0 Å². The molecule has 0 saturated carbocycles. The lowest BCUT2D eigenvalue weighted by Gasteiger charge is -2.12. The van der Waals surface area contributed by atoms with Crippen LogP contribution < -0.4 is 10.1 Å². The molecule has 1 heterocycles. The van der Waals surface area contributed by atoms with Crippen LogP contribution in [-0.2, 0) is 6.61 Å². The van der Waals surface area contributed by atoms with Gasteiger partial charge in [0.05, 0.1) is 6.10 Å². The van der Waals surface area contributed by atoms with E-state index in [1.54, 1.807) is 24.3 Å². The number of benzene rings is 2. The highest BCUT2D eigenvalue weighted by Gasteiger charge is 2.10. The van der Waals surface area contributed by atoms with Crippen LogP contribution in [0.15, 0.2) is 59.0 Å². The maximum atomic E-state index is 10.4. The van der Waals surface area contributed by atoms with Gasteiger partial charge in [-0.15, -0.1) is 0 Å². The Morgan fingerprint density at radius 3 is 2.80 bits per heavy atom. The predicted molar refractivity (Wildman–Crippen MR) is 92.6 cm³/mol.